The summed E-state index contributed by atoms with van der Waals surface area (Å²) in [5.74, 6) is 0.423. The fourth-order valence-electron chi connectivity index (χ4n) is 3.13. The minimum absolute atomic E-state index is 0.200. The Bertz CT molecular complexity index is 760. The van der Waals surface area contributed by atoms with Crippen LogP contribution in [0.2, 0.25) is 0 Å². The molecule has 1 unspecified atom stereocenters. The van der Waals surface area contributed by atoms with Gasteiger partial charge in [-0.1, -0.05) is 17.3 Å². The highest BCUT2D eigenvalue weighted by Gasteiger charge is 2.22. The lowest BCUT2D eigenvalue weighted by Crippen LogP contribution is -2.27. The molecule has 1 aromatic carbocycles. The maximum atomic E-state index is 13.2. The summed E-state index contributed by atoms with van der Waals surface area (Å²) in [6, 6.07) is 6.49. The third-order valence-electron chi connectivity index (χ3n) is 4.78. The maximum absolute atomic E-state index is 13.2. The van der Waals surface area contributed by atoms with Crippen LogP contribution in [-0.4, -0.2) is 33.2 Å². The van der Waals surface area contributed by atoms with Gasteiger partial charge in [-0.2, -0.15) is 0 Å². The third kappa shape index (κ3) is 4.53. The monoisotopic (exact) mass is 358 g/mol. The number of carbonyl (C=O) groups excluding carboxylic acids is 2. The van der Waals surface area contributed by atoms with Crippen LogP contribution in [0.5, 0.6) is 0 Å². The molecule has 1 saturated carbocycles. The van der Waals surface area contributed by atoms with Gasteiger partial charge in [-0.25, -0.2) is 4.39 Å². The molecule has 1 aromatic heterocycles. The van der Waals surface area contributed by atoms with E-state index < -0.39 is 6.17 Å². The average Bonchev–Trinajstić information content (AvgIpc) is 3.11. The molecule has 0 aliphatic heterocycles. The van der Waals surface area contributed by atoms with Crippen molar-refractivity contribution in [1.82, 2.24) is 20.3 Å². The lowest BCUT2D eigenvalue weighted by Gasteiger charge is -2.17. The molecule has 3 rings (SSSR count). The van der Waals surface area contributed by atoms with Gasteiger partial charge in [0.2, 0.25) is 0 Å². The Labute approximate surface area is 151 Å². The van der Waals surface area contributed by atoms with Crippen molar-refractivity contribution < 1.29 is 14.0 Å². The number of rotatable bonds is 6. The maximum Gasteiger partial charge on any atom is 0.251 e. The zero-order valence-corrected chi connectivity index (χ0v) is 14.8. The number of hydrogen-bond acceptors (Lipinski definition) is 4. The molecule has 138 valence electrons. The lowest BCUT2D eigenvalue weighted by molar-refractivity contribution is -0.120. The van der Waals surface area contributed by atoms with Crippen molar-refractivity contribution in [1.29, 1.82) is 0 Å². The molecule has 0 radical (unpaired) electrons. The van der Waals surface area contributed by atoms with Crippen molar-refractivity contribution in [2.24, 2.45) is 0 Å². The molecule has 1 aliphatic rings. The highest BCUT2D eigenvalue weighted by atomic mass is 19.1. The molecule has 7 heteroatoms. The van der Waals surface area contributed by atoms with Crippen LogP contribution in [-0.2, 0) is 11.3 Å². The van der Waals surface area contributed by atoms with Gasteiger partial charge < -0.3 is 5.32 Å². The van der Waals surface area contributed by atoms with Crippen molar-refractivity contribution in [3.63, 3.8) is 0 Å². The Morgan fingerprint density at radius 1 is 1.31 bits per heavy atom. The predicted molar refractivity (Wildman–Crippen MR) is 94.5 cm³/mol. The number of halogens is 1. The van der Waals surface area contributed by atoms with Gasteiger partial charge in [-0.05, 0) is 37.5 Å². The van der Waals surface area contributed by atoms with Gasteiger partial charge in [0.1, 0.15) is 12.0 Å². The Morgan fingerprint density at radius 2 is 2.00 bits per heavy atom. The fourth-order valence-corrected chi connectivity index (χ4v) is 3.13. The average molecular weight is 358 g/mol. The Hall–Kier alpha value is -2.57. The minimum Gasteiger partial charge on any atom is -0.350 e. The van der Waals surface area contributed by atoms with E-state index in [9.17, 15) is 14.0 Å². The number of benzene rings is 1. The van der Waals surface area contributed by atoms with Crippen LogP contribution in [0.3, 0.4) is 0 Å². The fraction of sp³-hybridized carbons (Fsp3) is 0.474. The summed E-state index contributed by atoms with van der Waals surface area (Å²) in [4.78, 5) is 23.4. The summed E-state index contributed by atoms with van der Waals surface area (Å²) >= 11 is 0. The molecule has 0 spiro atoms. The van der Waals surface area contributed by atoms with Crippen molar-refractivity contribution >= 4 is 11.7 Å². The summed E-state index contributed by atoms with van der Waals surface area (Å²) in [6.45, 7) is 2.41. The van der Waals surface area contributed by atoms with Crippen LogP contribution in [0.25, 0.3) is 0 Å². The van der Waals surface area contributed by atoms with Crippen molar-refractivity contribution in [2.75, 3.05) is 6.54 Å². The van der Waals surface area contributed by atoms with Crippen LogP contribution >= 0.6 is 0 Å². The summed E-state index contributed by atoms with van der Waals surface area (Å²) in [6.07, 6.45) is 3.75. The molecule has 1 fully saturated rings. The van der Waals surface area contributed by atoms with E-state index >= 15 is 0 Å². The van der Waals surface area contributed by atoms with E-state index in [4.69, 9.17) is 0 Å². The van der Waals surface area contributed by atoms with Crippen LogP contribution in [0.4, 0.5) is 4.39 Å². The molecule has 1 amide bonds. The molecule has 1 heterocycles. The number of amides is 1. The molecule has 1 atom stereocenters. The summed E-state index contributed by atoms with van der Waals surface area (Å²) in [7, 11) is 0. The van der Waals surface area contributed by atoms with E-state index in [2.05, 4.69) is 15.6 Å². The zero-order valence-electron chi connectivity index (χ0n) is 14.8. The topological polar surface area (TPSA) is 76.9 Å². The quantitative estimate of drug-likeness (QED) is 0.861. The van der Waals surface area contributed by atoms with Crippen LogP contribution in [0.1, 0.15) is 66.3 Å². The standard InChI is InChI=1S/C19H23FN4O2/c1-13(20)14-2-4-16(5-3-14)19(26)21-10-11-24-12-18(22-23-24)15-6-8-17(25)9-7-15/h2-5,12-13,15H,6-11H2,1H3,(H,21,26). The molecule has 0 saturated heterocycles. The second-order valence-electron chi connectivity index (χ2n) is 6.71. The summed E-state index contributed by atoms with van der Waals surface area (Å²) in [5, 5.41) is 11.1. The molecular formula is C19H23FN4O2. The van der Waals surface area contributed by atoms with Gasteiger partial charge in [0.15, 0.2) is 0 Å². The number of Topliss-reactive ketones (excluding diaryl/α,β-unsaturated/α-hetero) is 1. The number of ketones is 1. The Balaban J connectivity index is 1.47. The second kappa shape index (κ2) is 8.21. The van der Waals surface area contributed by atoms with Gasteiger partial charge in [0, 0.05) is 37.1 Å². The van der Waals surface area contributed by atoms with Gasteiger partial charge in [-0.3, -0.25) is 14.3 Å². The second-order valence-corrected chi connectivity index (χ2v) is 6.71. The number of nitrogens with one attached hydrogen (secondary N) is 1. The lowest BCUT2D eigenvalue weighted by atomic mass is 9.86. The molecule has 26 heavy (non-hydrogen) atoms. The third-order valence-corrected chi connectivity index (χ3v) is 4.78. The van der Waals surface area contributed by atoms with E-state index in [0.29, 0.717) is 48.8 Å². The van der Waals surface area contributed by atoms with Crippen LogP contribution in [0, 0.1) is 0 Å². The molecule has 6 nitrogen and oxygen atoms in total. The largest absolute Gasteiger partial charge is 0.350 e. The SMILES string of the molecule is CC(F)c1ccc(C(=O)NCCn2cc(C3CCC(=O)CC3)nn2)cc1. The normalized spacial score (nSPS) is 16.5. The highest BCUT2D eigenvalue weighted by Crippen LogP contribution is 2.29. The highest BCUT2D eigenvalue weighted by molar-refractivity contribution is 5.94. The van der Waals surface area contributed by atoms with E-state index in [-0.39, 0.29) is 5.91 Å². The van der Waals surface area contributed by atoms with Crippen molar-refractivity contribution in [3.05, 3.63) is 47.3 Å². The van der Waals surface area contributed by atoms with Gasteiger partial charge in [0.05, 0.1) is 12.2 Å². The van der Waals surface area contributed by atoms with Gasteiger partial charge >= 0.3 is 0 Å². The first-order valence-corrected chi connectivity index (χ1v) is 8.97. The minimum atomic E-state index is -1.05. The summed E-state index contributed by atoms with van der Waals surface area (Å²) in [5.41, 5.74) is 1.97. The molecule has 1 aliphatic carbocycles. The first-order valence-electron chi connectivity index (χ1n) is 8.97. The number of carbonyl (C=O) groups is 2. The van der Waals surface area contributed by atoms with Gasteiger partial charge in [0.25, 0.3) is 5.91 Å². The molecule has 2 aromatic rings. The number of aromatic nitrogens is 3. The number of hydrogen-bond donors (Lipinski definition) is 1. The Morgan fingerprint density at radius 3 is 2.65 bits per heavy atom. The smallest absolute Gasteiger partial charge is 0.251 e. The first-order chi connectivity index (χ1) is 12.5. The summed E-state index contributed by atoms with van der Waals surface area (Å²) < 4.78 is 14.9. The van der Waals surface area contributed by atoms with E-state index in [0.717, 1.165) is 18.5 Å². The number of alkyl halides is 1. The molecule has 0 bridgehead atoms. The zero-order chi connectivity index (χ0) is 18.5. The molecular weight excluding hydrogens is 335 g/mol. The number of nitrogens with zero attached hydrogens (tertiary/aromatic N) is 3. The molecule has 1 N–H and O–H groups in total. The van der Waals surface area contributed by atoms with E-state index in [1.54, 1.807) is 28.9 Å². The predicted octanol–water partition coefficient (Wildman–Crippen LogP) is 2.97. The van der Waals surface area contributed by atoms with E-state index in [1.807, 2.05) is 6.20 Å². The van der Waals surface area contributed by atoms with Crippen LogP contribution < -0.4 is 5.32 Å². The van der Waals surface area contributed by atoms with Crippen molar-refractivity contribution in [3.8, 4) is 0 Å². The van der Waals surface area contributed by atoms with E-state index in [1.165, 1.54) is 6.92 Å². The van der Waals surface area contributed by atoms with Crippen LogP contribution in [0.15, 0.2) is 30.5 Å². The van der Waals surface area contributed by atoms with Gasteiger partial charge in [-0.15, -0.1) is 5.10 Å². The Kier molecular flexibility index (Phi) is 5.75. The first kappa shape index (κ1) is 18.2. The van der Waals surface area contributed by atoms with Crippen molar-refractivity contribution in [2.45, 2.75) is 51.2 Å².